The number of aliphatic hydroxyl groups is 1. The number of fused-ring (bicyclic) bond motifs is 3. The van der Waals surface area contributed by atoms with Crippen LogP contribution in [-0.2, 0) is 13.1 Å². The molecule has 0 spiro atoms. The first kappa shape index (κ1) is 29.2. The Morgan fingerprint density at radius 2 is 1.84 bits per heavy atom. The fourth-order valence-electron chi connectivity index (χ4n) is 4.45. The third-order valence-electron chi connectivity index (χ3n) is 6.40. The summed E-state index contributed by atoms with van der Waals surface area (Å²) in [5.74, 6) is 1.38. The Morgan fingerprint density at radius 3 is 2.55 bits per heavy atom. The first-order valence-electron chi connectivity index (χ1n) is 13.3. The number of likely N-dealkylation sites (N-methyl/N-ethyl adjacent to an activating group) is 1. The number of nitrogens with two attached hydrogens (primary N) is 2. The van der Waals surface area contributed by atoms with Crippen LogP contribution in [0.1, 0.15) is 43.7 Å². The Kier molecular flexibility index (Phi) is 11.1. The fourth-order valence-corrected chi connectivity index (χ4v) is 4.45. The van der Waals surface area contributed by atoms with Gasteiger partial charge in [0.1, 0.15) is 16.8 Å². The minimum Gasteiger partial charge on any atom is -0.496 e. The number of unbranched alkanes of at least 4 members (excludes halogenated alkanes) is 3. The van der Waals surface area contributed by atoms with Crippen LogP contribution < -0.4 is 21.5 Å². The van der Waals surface area contributed by atoms with Gasteiger partial charge >= 0.3 is 0 Å². The SMILES string of the molecule is CCCCCCO.COc1ccc(CNCCN(C)C)cc1Cn1c2ccccc2c2nc(N)nc(N)c21. The minimum atomic E-state index is 0.177. The van der Waals surface area contributed by atoms with Gasteiger partial charge in [-0.05, 0) is 44.3 Å². The van der Waals surface area contributed by atoms with E-state index in [4.69, 9.17) is 21.3 Å². The molecule has 0 saturated carbocycles. The third-order valence-corrected chi connectivity index (χ3v) is 6.40. The largest absolute Gasteiger partial charge is 0.496 e. The highest BCUT2D eigenvalue weighted by molar-refractivity contribution is 6.09. The molecule has 9 nitrogen and oxygen atoms in total. The number of para-hydroxylation sites is 1. The summed E-state index contributed by atoms with van der Waals surface area (Å²) in [6, 6.07) is 14.4. The molecule has 0 amide bonds. The number of aliphatic hydroxyl groups excluding tert-OH is 1. The van der Waals surface area contributed by atoms with E-state index in [0.717, 1.165) is 59.3 Å². The monoisotopic (exact) mass is 521 g/mol. The predicted octanol–water partition coefficient (Wildman–Crippen LogP) is 4.02. The lowest BCUT2D eigenvalue weighted by Crippen LogP contribution is -2.26. The summed E-state index contributed by atoms with van der Waals surface area (Å²) in [5.41, 5.74) is 17.0. The van der Waals surface area contributed by atoms with Gasteiger partial charge in [0.15, 0.2) is 5.82 Å². The quantitative estimate of drug-likeness (QED) is 0.206. The number of hydrogen-bond acceptors (Lipinski definition) is 8. The molecule has 2 aromatic carbocycles. The highest BCUT2D eigenvalue weighted by Crippen LogP contribution is 2.33. The van der Waals surface area contributed by atoms with Crippen LogP contribution in [0.2, 0.25) is 0 Å². The summed E-state index contributed by atoms with van der Waals surface area (Å²) < 4.78 is 7.80. The third kappa shape index (κ3) is 7.56. The molecule has 2 aromatic heterocycles. The normalized spacial score (nSPS) is 11.2. The van der Waals surface area contributed by atoms with Crippen molar-refractivity contribution in [1.82, 2.24) is 24.8 Å². The van der Waals surface area contributed by atoms with Crippen LogP contribution in [0.5, 0.6) is 5.75 Å². The molecule has 0 atom stereocenters. The number of anilines is 2. The summed E-state index contributed by atoms with van der Waals surface area (Å²) in [5, 5.41) is 12.8. The molecule has 4 rings (SSSR count). The van der Waals surface area contributed by atoms with Crippen molar-refractivity contribution in [3.8, 4) is 5.75 Å². The molecule has 0 saturated heterocycles. The zero-order valence-corrected chi connectivity index (χ0v) is 23.2. The molecular formula is C29H43N7O2. The average molecular weight is 522 g/mol. The van der Waals surface area contributed by atoms with Gasteiger partial charge < -0.3 is 36.1 Å². The highest BCUT2D eigenvalue weighted by Gasteiger charge is 2.17. The van der Waals surface area contributed by atoms with E-state index in [0.29, 0.717) is 19.0 Å². The average Bonchev–Trinajstić information content (AvgIpc) is 3.21. The second-order valence-corrected chi connectivity index (χ2v) is 9.68. The molecule has 6 N–H and O–H groups in total. The maximum absolute atomic E-state index is 8.29. The molecular weight excluding hydrogens is 478 g/mol. The highest BCUT2D eigenvalue weighted by atomic mass is 16.5. The number of aromatic nitrogens is 3. The molecule has 4 aromatic rings. The van der Waals surface area contributed by atoms with E-state index in [-0.39, 0.29) is 5.95 Å². The number of benzene rings is 2. The van der Waals surface area contributed by atoms with Gasteiger partial charge in [-0.2, -0.15) is 4.98 Å². The Hall–Kier alpha value is -3.40. The lowest BCUT2D eigenvalue weighted by Gasteiger charge is -2.15. The van der Waals surface area contributed by atoms with Crippen LogP contribution >= 0.6 is 0 Å². The lowest BCUT2D eigenvalue weighted by molar-refractivity contribution is 0.283. The number of nitrogens with one attached hydrogen (secondary N) is 1. The lowest BCUT2D eigenvalue weighted by atomic mass is 10.1. The van der Waals surface area contributed by atoms with Crippen molar-refractivity contribution in [1.29, 1.82) is 0 Å². The van der Waals surface area contributed by atoms with E-state index in [1.54, 1.807) is 7.11 Å². The number of hydrogen-bond donors (Lipinski definition) is 4. The Bertz CT molecular complexity index is 1300. The topological polar surface area (TPSA) is 127 Å². The molecule has 0 aliphatic carbocycles. The van der Waals surface area contributed by atoms with Crippen LogP contribution in [-0.4, -0.2) is 65.4 Å². The summed E-state index contributed by atoms with van der Waals surface area (Å²) in [7, 11) is 5.84. The van der Waals surface area contributed by atoms with Gasteiger partial charge in [-0.1, -0.05) is 50.5 Å². The van der Waals surface area contributed by atoms with Crippen molar-refractivity contribution in [2.24, 2.45) is 0 Å². The second-order valence-electron chi connectivity index (χ2n) is 9.68. The molecule has 2 heterocycles. The molecule has 0 unspecified atom stereocenters. The Balaban J connectivity index is 0.000000505. The van der Waals surface area contributed by atoms with Gasteiger partial charge in [0, 0.05) is 37.2 Å². The Labute approximate surface area is 225 Å². The van der Waals surface area contributed by atoms with Gasteiger partial charge in [0.25, 0.3) is 0 Å². The van der Waals surface area contributed by atoms with E-state index >= 15 is 0 Å². The van der Waals surface area contributed by atoms with E-state index in [1.807, 2.05) is 24.3 Å². The fraction of sp³-hybridized carbons (Fsp3) is 0.448. The van der Waals surface area contributed by atoms with Gasteiger partial charge in [0.2, 0.25) is 5.95 Å². The first-order chi connectivity index (χ1) is 18.4. The van der Waals surface area contributed by atoms with Crippen LogP contribution in [0.25, 0.3) is 21.9 Å². The van der Waals surface area contributed by atoms with E-state index in [9.17, 15) is 0 Å². The van der Waals surface area contributed by atoms with E-state index < -0.39 is 0 Å². The van der Waals surface area contributed by atoms with Crippen molar-refractivity contribution < 1.29 is 9.84 Å². The maximum atomic E-state index is 8.29. The van der Waals surface area contributed by atoms with E-state index in [1.165, 1.54) is 24.8 Å². The number of nitrogens with zero attached hydrogens (tertiary/aromatic N) is 4. The van der Waals surface area contributed by atoms with Gasteiger partial charge in [-0.25, -0.2) is 4.98 Å². The minimum absolute atomic E-state index is 0.177. The summed E-state index contributed by atoms with van der Waals surface area (Å²) >= 11 is 0. The van der Waals surface area contributed by atoms with Gasteiger partial charge in [-0.3, -0.25) is 0 Å². The van der Waals surface area contributed by atoms with Gasteiger partial charge in [-0.15, -0.1) is 0 Å². The smallest absolute Gasteiger partial charge is 0.222 e. The van der Waals surface area contributed by atoms with Crippen molar-refractivity contribution in [2.75, 3.05) is 52.4 Å². The summed E-state index contributed by atoms with van der Waals surface area (Å²) in [4.78, 5) is 10.8. The predicted molar refractivity (Wildman–Crippen MR) is 157 cm³/mol. The number of rotatable bonds is 12. The second kappa shape index (κ2) is 14.5. The number of nitrogen functional groups attached to an aromatic ring is 2. The van der Waals surface area contributed by atoms with Crippen LogP contribution in [0.3, 0.4) is 0 Å². The first-order valence-corrected chi connectivity index (χ1v) is 13.3. The van der Waals surface area contributed by atoms with Crippen molar-refractivity contribution in [3.63, 3.8) is 0 Å². The maximum Gasteiger partial charge on any atom is 0.222 e. The van der Waals surface area contributed by atoms with Gasteiger partial charge in [0.05, 0.1) is 19.2 Å². The molecule has 0 fully saturated rings. The molecule has 0 radical (unpaired) electrons. The number of methoxy groups -OCH3 is 1. The number of ether oxygens (including phenoxy) is 1. The summed E-state index contributed by atoms with van der Waals surface area (Å²) in [6.07, 6.45) is 4.68. The molecule has 38 heavy (non-hydrogen) atoms. The van der Waals surface area contributed by atoms with E-state index in [2.05, 4.69) is 64.0 Å². The van der Waals surface area contributed by atoms with Crippen LogP contribution in [0.4, 0.5) is 11.8 Å². The molecule has 0 aliphatic heterocycles. The van der Waals surface area contributed by atoms with Crippen LogP contribution in [0.15, 0.2) is 42.5 Å². The van der Waals surface area contributed by atoms with Crippen LogP contribution in [0, 0.1) is 0 Å². The van der Waals surface area contributed by atoms with Crippen molar-refractivity contribution >= 4 is 33.7 Å². The zero-order valence-electron chi connectivity index (χ0n) is 23.2. The zero-order chi connectivity index (χ0) is 27.5. The standard InChI is InChI=1S/C23H29N7O.C6H14O/c1-29(2)11-10-26-13-15-8-9-19(31-3)16(12-15)14-30-18-7-5-4-6-17(18)20-21(30)22(24)28-23(25)27-20;1-2-3-4-5-6-7/h4-9,12,26H,10-11,13-14H2,1-3H3,(H4,24,25,27,28);7H,2-6H2,1H3. The molecule has 206 valence electrons. The van der Waals surface area contributed by atoms with Crippen molar-refractivity contribution in [2.45, 2.75) is 45.7 Å². The molecule has 9 heteroatoms. The van der Waals surface area contributed by atoms with Crippen molar-refractivity contribution in [3.05, 3.63) is 53.6 Å². The molecule has 0 aliphatic rings. The Morgan fingerprint density at radius 1 is 1.05 bits per heavy atom. The summed E-state index contributed by atoms with van der Waals surface area (Å²) in [6.45, 7) is 5.82. The molecule has 0 bridgehead atoms.